The Morgan fingerprint density at radius 2 is 1.88 bits per heavy atom. The molecule has 0 spiro atoms. The van der Waals surface area contributed by atoms with Crippen molar-refractivity contribution in [2.75, 3.05) is 7.11 Å². The van der Waals surface area contributed by atoms with Gasteiger partial charge in [-0.3, -0.25) is 0 Å². The quantitative estimate of drug-likeness (QED) is 0.671. The van der Waals surface area contributed by atoms with Gasteiger partial charge < -0.3 is 9.53 Å². The summed E-state index contributed by atoms with van der Waals surface area (Å²) in [6, 6.07) is 0. The molecule has 16 heavy (non-hydrogen) atoms. The molecular weight excluding hydrogens is 200 g/mol. The molecule has 90 valence electrons. The van der Waals surface area contributed by atoms with E-state index in [0.717, 1.165) is 30.6 Å². The molecule has 6 unspecified atom stereocenters. The molecular formula is C14H22O2. The zero-order chi connectivity index (χ0) is 11.6. The second kappa shape index (κ2) is 3.10. The maximum absolute atomic E-state index is 11.2. The Balaban J connectivity index is 1.89. The molecule has 0 aromatic carbocycles. The van der Waals surface area contributed by atoms with E-state index in [-0.39, 0.29) is 5.41 Å². The van der Waals surface area contributed by atoms with Crippen LogP contribution >= 0.6 is 0 Å². The Labute approximate surface area is 97.7 Å². The molecule has 0 aromatic heterocycles. The molecule has 3 rings (SSSR count). The monoisotopic (exact) mass is 222 g/mol. The third-order valence-corrected chi connectivity index (χ3v) is 5.78. The van der Waals surface area contributed by atoms with Gasteiger partial charge in [0.1, 0.15) is 6.29 Å². The lowest BCUT2D eigenvalue weighted by atomic mass is 9.72. The van der Waals surface area contributed by atoms with E-state index in [2.05, 4.69) is 13.8 Å². The molecule has 3 saturated carbocycles. The fraction of sp³-hybridized carbons (Fsp3) is 0.929. The largest absolute Gasteiger partial charge is 0.381 e. The predicted octanol–water partition coefficient (Wildman–Crippen LogP) is 2.66. The number of hydrogen-bond acceptors (Lipinski definition) is 2. The van der Waals surface area contributed by atoms with Gasteiger partial charge in [-0.2, -0.15) is 0 Å². The molecule has 2 nitrogen and oxygen atoms in total. The van der Waals surface area contributed by atoms with E-state index in [1.807, 2.05) is 7.11 Å². The summed E-state index contributed by atoms with van der Waals surface area (Å²) in [6.07, 6.45) is 6.42. The van der Waals surface area contributed by atoms with Crippen LogP contribution in [-0.4, -0.2) is 19.5 Å². The topological polar surface area (TPSA) is 26.3 Å². The third-order valence-electron chi connectivity index (χ3n) is 5.78. The van der Waals surface area contributed by atoms with Gasteiger partial charge in [-0.1, -0.05) is 13.8 Å². The molecule has 2 bridgehead atoms. The summed E-state index contributed by atoms with van der Waals surface area (Å²) in [5.74, 6) is 2.25. The molecule has 0 aromatic rings. The minimum Gasteiger partial charge on any atom is -0.381 e. The van der Waals surface area contributed by atoms with E-state index in [4.69, 9.17) is 4.74 Å². The summed E-state index contributed by atoms with van der Waals surface area (Å²) in [5, 5.41) is 0. The van der Waals surface area contributed by atoms with Crippen LogP contribution in [0.5, 0.6) is 0 Å². The van der Waals surface area contributed by atoms with Gasteiger partial charge in [0.15, 0.2) is 0 Å². The van der Waals surface area contributed by atoms with Crippen LogP contribution in [0.15, 0.2) is 0 Å². The van der Waals surface area contributed by atoms with E-state index in [0.29, 0.717) is 11.5 Å². The Morgan fingerprint density at radius 1 is 1.12 bits per heavy atom. The highest BCUT2D eigenvalue weighted by Crippen LogP contribution is 2.68. The third kappa shape index (κ3) is 1.20. The van der Waals surface area contributed by atoms with Crippen molar-refractivity contribution in [1.29, 1.82) is 0 Å². The van der Waals surface area contributed by atoms with Crippen LogP contribution in [0.3, 0.4) is 0 Å². The van der Waals surface area contributed by atoms with Gasteiger partial charge >= 0.3 is 0 Å². The van der Waals surface area contributed by atoms with Crippen molar-refractivity contribution in [3.63, 3.8) is 0 Å². The first kappa shape index (κ1) is 10.8. The van der Waals surface area contributed by atoms with Gasteiger partial charge in [0.2, 0.25) is 0 Å². The fourth-order valence-corrected chi connectivity index (χ4v) is 5.08. The first-order valence-electron chi connectivity index (χ1n) is 6.50. The minimum absolute atomic E-state index is 0.0438. The summed E-state index contributed by atoms with van der Waals surface area (Å²) in [4.78, 5) is 11.2. The van der Waals surface area contributed by atoms with Gasteiger partial charge in [-0.05, 0) is 48.9 Å². The highest BCUT2D eigenvalue weighted by molar-refractivity contribution is 5.59. The lowest BCUT2D eigenvalue weighted by Crippen LogP contribution is -2.33. The predicted molar refractivity (Wildman–Crippen MR) is 62.0 cm³/mol. The minimum atomic E-state index is -0.0438. The van der Waals surface area contributed by atoms with E-state index < -0.39 is 0 Å². The molecule has 0 heterocycles. The van der Waals surface area contributed by atoms with E-state index >= 15 is 0 Å². The molecule has 6 atom stereocenters. The van der Waals surface area contributed by atoms with Gasteiger partial charge in [0.25, 0.3) is 0 Å². The molecule has 0 N–H and O–H groups in total. The van der Waals surface area contributed by atoms with E-state index in [9.17, 15) is 4.79 Å². The number of rotatable bonds is 2. The second-order valence-electron chi connectivity index (χ2n) is 6.95. The Kier molecular flexibility index (Phi) is 2.08. The number of aldehydes is 1. The van der Waals surface area contributed by atoms with Crippen molar-refractivity contribution >= 4 is 6.29 Å². The van der Waals surface area contributed by atoms with Crippen LogP contribution in [-0.2, 0) is 9.53 Å². The fourth-order valence-electron chi connectivity index (χ4n) is 5.08. The maximum Gasteiger partial charge on any atom is 0.125 e. The first-order chi connectivity index (χ1) is 7.51. The zero-order valence-corrected chi connectivity index (χ0v) is 10.5. The number of carbonyl (C=O) groups is 1. The Morgan fingerprint density at radius 3 is 2.50 bits per heavy atom. The zero-order valence-electron chi connectivity index (χ0n) is 10.5. The van der Waals surface area contributed by atoms with E-state index in [1.54, 1.807) is 0 Å². The van der Waals surface area contributed by atoms with Crippen molar-refractivity contribution in [1.82, 2.24) is 0 Å². The summed E-state index contributed by atoms with van der Waals surface area (Å²) < 4.78 is 5.63. The number of ether oxygens (including phenoxy) is 1. The molecule has 3 aliphatic rings. The van der Waals surface area contributed by atoms with Crippen LogP contribution in [0.25, 0.3) is 0 Å². The molecule has 3 fully saturated rings. The maximum atomic E-state index is 11.2. The van der Waals surface area contributed by atoms with Gasteiger partial charge in [0, 0.05) is 12.5 Å². The summed E-state index contributed by atoms with van der Waals surface area (Å²) in [6.45, 7) is 4.56. The van der Waals surface area contributed by atoms with Gasteiger partial charge in [-0.15, -0.1) is 0 Å². The first-order valence-corrected chi connectivity index (χ1v) is 6.50. The summed E-state index contributed by atoms with van der Waals surface area (Å²) in [5.41, 5.74) is 0.411. The average Bonchev–Trinajstić information content (AvgIpc) is 2.84. The lowest BCUT2D eigenvalue weighted by molar-refractivity contribution is -0.115. The van der Waals surface area contributed by atoms with Crippen LogP contribution < -0.4 is 0 Å². The number of fused-ring (bicyclic) bond motifs is 5. The molecule has 2 heteroatoms. The highest BCUT2D eigenvalue weighted by atomic mass is 16.5. The molecule has 0 saturated heterocycles. The summed E-state index contributed by atoms with van der Waals surface area (Å²) >= 11 is 0. The second-order valence-corrected chi connectivity index (χ2v) is 6.95. The SMILES string of the molecule is COC1CC2(C)CC1C1CC(C)(C=O)CC12. The molecule has 0 aliphatic heterocycles. The van der Waals surface area contributed by atoms with Crippen LogP contribution in [0.4, 0.5) is 0 Å². The van der Waals surface area contributed by atoms with Gasteiger partial charge in [-0.25, -0.2) is 0 Å². The Bertz CT molecular complexity index is 323. The van der Waals surface area contributed by atoms with Crippen LogP contribution in [0, 0.1) is 28.6 Å². The van der Waals surface area contributed by atoms with Crippen molar-refractivity contribution < 1.29 is 9.53 Å². The van der Waals surface area contributed by atoms with Crippen LogP contribution in [0.1, 0.15) is 39.5 Å². The van der Waals surface area contributed by atoms with Crippen LogP contribution in [0.2, 0.25) is 0 Å². The highest BCUT2D eigenvalue weighted by Gasteiger charge is 2.64. The van der Waals surface area contributed by atoms with Crippen molar-refractivity contribution in [2.24, 2.45) is 28.6 Å². The molecule has 0 amide bonds. The Hall–Kier alpha value is -0.370. The summed E-state index contributed by atoms with van der Waals surface area (Å²) in [7, 11) is 1.84. The van der Waals surface area contributed by atoms with Crippen molar-refractivity contribution in [3.05, 3.63) is 0 Å². The lowest BCUT2D eigenvalue weighted by Gasteiger charge is -2.36. The number of methoxy groups -OCH3 is 1. The normalized spacial score (nSPS) is 58.9. The average molecular weight is 222 g/mol. The molecule has 0 radical (unpaired) electrons. The molecule has 3 aliphatic carbocycles. The standard InChI is InChI=1S/C14H22O2/c1-13(8-15)4-9-10-5-14(2,11(9)6-13)7-12(10)16-3/h8-12H,4-7H2,1-3H3. The van der Waals surface area contributed by atoms with Crippen molar-refractivity contribution in [2.45, 2.75) is 45.6 Å². The number of carbonyl (C=O) groups excluding carboxylic acids is 1. The smallest absolute Gasteiger partial charge is 0.125 e. The van der Waals surface area contributed by atoms with E-state index in [1.165, 1.54) is 19.1 Å². The van der Waals surface area contributed by atoms with Gasteiger partial charge in [0.05, 0.1) is 6.10 Å². The number of hydrogen-bond donors (Lipinski definition) is 0. The van der Waals surface area contributed by atoms with Crippen molar-refractivity contribution in [3.8, 4) is 0 Å².